The van der Waals surface area contributed by atoms with Gasteiger partial charge in [-0.1, -0.05) is 13.8 Å². The quantitative estimate of drug-likeness (QED) is 0.796. The number of hydrogen-bond acceptors (Lipinski definition) is 2. The number of amides is 1. The fourth-order valence-electron chi connectivity index (χ4n) is 1.41. The summed E-state index contributed by atoms with van der Waals surface area (Å²) >= 11 is 0. The van der Waals surface area contributed by atoms with E-state index in [9.17, 15) is 18.0 Å². The molecule has 0 aliphatic carbocycles. The predicted octanol–water partition coefficient (Wildman–Crippen LogP) is 1.77. The fourth-order valence-corrected chi connectivity index (χ4v) is 1.41. The highest BCUT2D eigenvalue weighted by Crippen LogP contribution is 2.17. The Morgan fingerprint density at radius 1 is 1.38 bits per heavy atom. The number of halogens is 3. The summed E-state index contributed by atoms with van der Waals surface area (Å²) in [6, 6.07) is -0.845. The Morgan fingerprint density at radius 2 is 1.88 bits per heavy atom. The van der Waals surface area contributed by atoms with Gasteiger partial charge in [-0.15, -0.1) is 0 Å². The lowest BCUT2D eigenvalue weighted by Gasteiger charge is -2.25. The monoisotopic (exact) mass is 240 g/mol. The Labute approximate surface area is 93.8 Å². The molecule has 0 aromatic heterocycles. The maximum absolute atomic E-state index is 12.1. The Hall–Kier alpha value is -0.780. The molecule has 0 heterocycles. The molecular weight excluding hydrogens is 221 g/mol. The van der Waals surface area contributed by atoms with Gasteiger partial charge in [0, 0.05) is 6.54 Å². The topological polar surface area (TPSA) is 46.3 Å². The fraction of sp³-hybridized carbons (Fsp3) is 0.900. The molecule has 3 nitrogen and oxygen atoms in total. The van der Waals surface area contributed by atoms with Crippen LogP contribution in [0.4, 0.5) is 13.2 Å². The average Bonchev–Trinajstić information content (AvgIpc) is 2.10. The second-order valence-electron chi connectivity index (χ2n) is 4.20. The van der Waals surface area contributed by atoms with Crippen LogP contribution in [0.25, 0.3) is 0 Å². The number of alkyl halides is 3. The van der Waals surface area contributed by atoms with Crippen LogP contribution in [-0.4, -0.2) is 36.1 Å². The summed E-state index contributed by atoms with van der Waals surface area (Å²) in [5.74, 6) is -0.447. The van der Waals surface area contributed by atoms with Gasteiger partial charge in [-0.05, 0) is 19.3 Å². The maximum atomic E-state index is 12.1. The first-order chi connectivity index (χ1) is 7.17. The van der Waals surface area contributed by atoms with Crippen LogP contribution in [0.2, 0.25) is 0 Å². The molecule has 0 unspecified atom stereocenters. The minimum atomic E-state index is -4.37. The van der Waals surface area contributed by atoms with E-state index in [4.69, 9.17) is 5.73 Å². The van der Waals surface area contributed by atoms with Crippen molar-refractivity contribution in [2.75, 3.05) is 13.1 Å². The van der Waals surface area contributed by atoms with Crippen LogP contribution in [-0.2, 0) is 4.79 Å². The molecule has 0 fully saturated rings. The van der Waals surface area contributed by atoms with Gasteiger partial charge in [0.1, 0.15) is 6.54 Å². The van der Waals surface area contributed by atoms with Gasteiger partial charge in [-0.2, -0.15) is 13.2 Å². The normalized spacial score (nSPS) is 14.0. The Bertz CT molecular complexity index is 229. The van der Waals surface area contributed by atoms with E-state index in [2.05, 4.69) is 0 Å². The molecule has 0 saturated heterocycles. The highest BCUT2D eigenvalue weighted by Gasteiger charge is 2.33. The number of hydrogen-bond donors (Lipinski definition) is 1. The molecule has 2 N–H and O–H groups in total. The van der Waals surface area contributed by atoms with Gasteiger partial charge < -0.3 is 10.6 Å². The molecule has 0 aliphatic rings. The number of carbonyl (C=O) groups excluding carboxylic acids is 1. The van der Waals surface area contributed by atoms with Crippen LogP contribution in [0.3, 0.4) is 0 Å². The molecule has 0 radical (unpaired) electrons. The van der Waals surface area contributed by atoms with E-state index < -0.39 is 24.7 Å². The SMILES string of the molecule is CCN(CC(F)(F)F)C(=O)[C@H](N)CC(C)C. The van der Waals surface area contributed by atoms with Gasteiger partial charge in [0.2, 0.25) is 5.91 Å². The van der Waals surface area contributed by atoms with Crippen LogP contribution in [0.15, 0.2) is 0 Å². The van der Waals surface area contributed by atoms with Crippen molar-refractivity contribution < 1.29 is 18.0 Å². The number of carbonyl (C=O) groups is 1. The third kappa shape index (κ3) is 5.95. The van der Waals surface area contributed by atoms with Crippen LogP contribution < -0.4 is 5.73 Å². The maximum Gasteiger partial charge on any atom is 0.406 e. The van der Waals surface area contributed by atoms with Gasteiger partial charge in [0.25, 0.3) is 0 Å². The number of likely N-dealkylation sites (N-methyl/N-ethyl adjacent to an activating group) is 1. The first-order valence-corrected chi connectivity index (χ1v) is 5.28. The zero-order chi connectivity index (χ0) is 12.9. The molecule has 1 atom stereocenters. The minimum absolute atomic E-state index is 0.0180. The summed E-state index contributed by atoms with van der Waals surface area (Å²) in [6.07, 6.45) is -3.98. The Balaban J connectivity index is 4.41. The molecule has 0 aliphatic heterocycles. The largest absolute Gasteiger partial charge is 0.406 e. The highest BCUT2D eigenvalue weighted by atomic mass is 19.4. The Kier molecular flexibility index (Phi) is 5.78. The Morgan fingerprint density at radius 3 is 2.19 bits per heavy atom. The molecule has 16 heavy (non-hydrogen) atoms. The summed E-state index contributed by atoms with van der Waals surface area (Å²) in [4.78, 5) is 12.3. The second kappa shape index (κ2) is 6.08. The van der Waals surface area contributed by atoms with Gasteiger partial charge in [-0.3, -0.25) is 4.79 Å². The van der Waals surface area contributed by atoms with Crippen molar-refractivity contribution in [1.29, 1.82) is 0 Å². The summed E-state index contributed by atoms with van der Waals surface area (Å²) in [6.45, 7) is 4.03. The average molecular weight is 240 g/mol. The van der Waals surface area contributed by atoms with Gasteiger partial charge in [0.15, 0.2) is 0 Å². The molecule has 0 saturated carbocycles. The zero-order valence-electron chi connectivity index (χ0n) is 9.84. The molecule has 0 bridgehead atoms. The van der Waals surface area contributed by atoms with Crippen LogP contribution >= 0.6 is 0 Å². The van der Waals surface area contributed by atoms with Crippen LogP contribution in [0.1, 0.15) is 27.2 Å². The van der Waals surface area contributed by atoms with Crippen molar-refractivity contribution in [3.05, 3.63) is 0 Å². The van der Waals surface area contributed by atoms with Crippen molar-refractivity contribution in [3.63, 3.8) is 0 Å². The smallest absolute Gasteiger partial charge is 0.333 e. The number of nitrogens with zero attached hydrogens (tertiary/aromatic N) is 1. The number of rotatable bonds is 5. The summed E-state index contributed by atoms with van der Waals surface area (Å²) < 4.78 is 36.4. The van der Waals surface area contributed by atoms with Crippen molar-refractivity contribution in [1.82, 2.24) is 4.90 Å². The molecule has 0 spiro atoms. The van der Waals surface area contributed by atoms with E-state index in [-0.39, 0.29) is 12.5 Å². The van der Waals surface area contributed by atoms with Crippen molar-refractivity contribution >= 4 is 5.91 Å². The van der Waals surface area contributed by atoms with Crippen LogP contribution in [0, 0.1) is 5.92 Å². The third-order valence-corrected chi connectivity index (χ3v) is 2.11. The molecular formula is C10H19F3N2O. The lowest BCUT2D eigenvalue weighted by atomic mass is 10.0. The number of nitrogens with two attached hydrogens (primary N) is 1. The zero-order valence-corrected chi connectivity index (χ0v) is 9.84. The van der Waals surface area contributed by atoms with E-state index in [0.29, 0.717) is 6.42 Å². The van der Waals surface area contributed by atoms with E-state index >= 15 is 0 Å². The van der Waals surface area contributed by atoms with Crippen LogP contribution in [0.5, 0.6) is 0 Å². The lowest BCUT2D eigenvalue weighted by molar-refractivity contribution is -0.161. The molecule has 96 valence electrons. The third-order valence-electron chi connectivity index (χ3n) is 2.11. The molecule has 6 heteroatoms. The summed E-state index contributed by atoms with van der Waals surface area (Å²) in [5.41, 5.74) is 5.55. The molecule has 0 aromatic rings. The van der Waals surface area contributed by atoms with Gasteiger partial charge in [-0.25, -0.2) is 0 Å². The van der Waals surface area contributed by atoms with Crippen molar-refractivity contribution in [2.45, 2.75) is 39.4 Å². The van der Waals surface area contributed by atoms with E-state index in [0.717, 1.165) is 4.90 Å². The van der Waals surface area contributed by atoms with Crippen molar-refractivity contribution in [2.24, 2.45) is 11.7 Å². The predicted molar refractivity (Wildman–Crippen MR) is 55.7 cm³/mol. The van der Waals surface area contributed by atoms with Gasteiger partial charge >= 0.3 is 6.18 Å². The first kappa shape index (κ1) is 15.2. The highest BCUT2D eigenvalue weighted by molar-refractivity contribution is 5.81. The molecule has 1 amide bonds. The first-order valence-electron chi connectivity index (χ1n) is 5.28. The minimum Gasteiger partial charge on any atom is -0.333 e. The molecule has 0 aromatic carbocycles. The second-order valence-corrected chi connectivity index (χ2v) is 4.20. The van der Waals surface area contributed by atoms with Gasteiger partial charge in [0.05, 0.1) is 6.04 Å². The standard InChI is InChI=1S/C10H19F3N2O/c1-4-15(6-10(11,12)13)9(16)8(14)5-7(2)3/h7-8H,4-6,14H2,1-3H3/t8-/m1/s1. The van der Waals surface area contributed by atoms with E-state index in [1.54, 1.807) is 0 Å². The summed E-state index contributed by atoms with van der Waals surface area (Å²) in [5, 5.41) is 0. The molecule has 0 rings (SSSR count). The van der Waals surface area contributed by atoms with E-state index in [1.807, 2.05) is 13.8 Å². The van der Waals surface area contributed by atoms with Crippen molar-refractivity contribution in [3.8, 4) is 0 Å². The van der Waals surface area contributed by atoms with E-state index in [1.165, 1.54) is 6.92 Å². The lowest BCUT2D eigenvalue weighted by Crippen LogP contribution is -2.47. The summed E-state index contributed by atoms with van der Waals surface area (Å²) in [7, 11) is 0.